The van der Waals surface area contributed by atoms with Crippen LogP contribution < -0.4 is 10.2 Å². The molecule has 0 saturated carbocycles. The molecular formula is C12H19N3. The topological polar surface area (TPSA) is 28.2 Å². The first-order chi connectivity index (χ1) is 7.27. The maximum Gasteiger partial charge on any atom is 0.128 e. The molecule has 3 nitrogen and oxygen atoms in total. The van der Waals surface area contributed by atoms with Crippen molar-refractivity contribution in [3.63, 3.8) is 0 Å². The average molecular weight is 205 g/mol. The van der Waals surface area contributed by atoms with Crippen molar-refractivity contribution in [2.45, 2.75) is 25.8 Å². The molecule has 0 radical (unpaired) electrons. The van der Waals surface area contributed by atoms with Crippen LogP contribution in [0, 0.1) is 6.92 Å². The zero-order chi connectivity index (χ0) is 10.7. The van der Waals surface area contributed by atoms with Gasteiger partial charge in [0.2, 0.25) is 0 Å². The first-order valence-corrected chi connectivity index (χ1v) is 5.63. The predicted octanol–water partition coefficient (Wildman–Crippen LogP) is 1.58. The van der Waals surface area contributed by atoms with Gasteiger partial charge in [-0.2, -0.15) is 0 Å². The quantitative estimate of drug-likeness (QED) is 0.794. The Morgan fingerprint density at radius 3 is 2.93 bits per heavy atom. The van der Waals surface area contributed by atoms with E-state index in [1.807, 2.05) is 6.20 Å². The van der Waals surface area contributed by atoms with E-state index in [1.54, 1.807) is 0 Å². The summed E-state index contributed by atoms with van der Waals surface area (Å²) in [6.45, 7) is 4.30. The monoisotopic (exact) mass is 205 g/mol. The molecule has 82 valence electrons. The molecule has 0 unspecified atom stereocenters. The summed E-state index contributed by atoms with van der Waals surface area (Å²) in [6.07, 6.45) is 4.46. The lowest BCUT2D eigenvalue weighted by atomic mass is 10.1. The molecule has 0 amide bonds. The third-order valence-corrected chi connectivity index (χ3v) is 3.08. The Kier molecular flexibility index (Phi) is 3.21. The molecule has 0 bridgehead atoms. The van der Waals surface area contributed by atoms with Crippen LogP contribution in [0.2, 0.25) is 0 Å². The Morgan fingerprint density at radius 2 is 2.33 bits per heavy atom. The fourth-order valence-electron chi connectivity index (χ4n) is 2.02. The van der Waals surface area contributed by atoms with E-state index < -0.39 is 0 Å². The summed E-state index contributed by atoms with van der Waals surface area (Å²) in [7, 11) is 2.13. The Balaban J connectivity index is 2.05. The number of pyridine rings is 1. The molecule has 3 heteroatoms. The number of rotatable bonds is 2. The molecule has 15 heavy (non-hydrogen) atoms. The third-order valence-electron chi connectivity index (χ3n) is 3.08. The van der Waals surface area contributed by atoms with Crippen molar-refractivity contribution in [1.82, 2.24) is 10.3 Å². The van der Waals surface area contributed by atoms with E-state index in [1.165, 1.54) is 18.4 Å². The van der Waals surface area contributed by atoms with Crippen molar-refractivity contribution in [1.29, 1.82) is 0 Å². The minimum atomic E-state index is 0.592. The van der Waals surface area contributed by atoms with Gasteiger partial charge in [-0.1, -0.05) is 6.07 Å². The molecule has 1 saturated heterocycles. The molecule has 0 spiro atoms. The highest BCUT2D eigenvalue weighted by Gasteiger charge is 2.18. The van der Waals surface area contributed by atoms with Gasteiger partial charge in [0.15, 0.2) is 0 Å². The Bertz CT molecular complexity index is 301. The van der Waals surface area contributed by atoms with Crippen molar-refractivity contribution in [2.24, 2.45) is 0 Å². The van der Waals surface area contributed by atoms with Crippen molar-refractivity contribution in [3.05, 3.63) is 23.9 Å². The number of hydrogen-bond acceptors (Lipinski definition) is 3. The van der Waals surface area contributed by atoms with Crippen LogP contribution in [0.4, 0.5) is 5.82 Å². The fourth-order valence-corrected chi connectivity index (χ4v) is 2.02. The largest absolute Gasteiger partial charge is 0.355 e. The lowest BCUT2D eigenvalue weighted by molar-refractivity contribution is 0.443. The minimum Gasteiger partial charge on any atom is -0.355 e. The van der Waals surface area contributed by atoms with Crippen LogP contribution in [0.1, 0.15) is 18.4 Å². The molecule has 1 aliphatic heterocycles. The van der Waals surface area contributed by atoms with Crippen LogP contribution in [0.3, 0.4) is 0 Å². The van der Waals surface area contributed by atoms with Gasteiger partial charge >= 0.3 is 0 Å². The van der Waals surface area contributed by atoms with Gasteiger partial charge in [0.05, 0.1) is 0 Å². The number of piperidine rings is 1. The Labute approximate surface area is 91.5 Å². The number of hydrogen-bond donors (Lipinski definition) is 1. The maximum absolute atomic E-state index is 4.45. The van der Waals surface area contributed by atoms with Crippen molar-refractivity contribution in [3.8, 4) is 0 Å². The molecule has 1 fully saturated rings. The van der Waals surface area contributed by atoms with Gasteiger partial charge in [0.1, 0.15) is 5.82 Å². The average Bonchev–Trinajstić information content (AvgIpc) is 2.30. The second kappa shape index (κ2) is 4.62. The smallest absolute Gasteiger partial charge is 0.128 e. The van der Waals surface area contributed by atoms with Crippen LogP contribution in [0.15, 0.2) is 18.3 Å². The molecule has 1 aromatic heterocycles. The summed E-state index contributed by atoms with van der Waals surface area (Å²) in [5.41, 5.74) is 1.22. The SMILES string of the molecule is Cc1ccc(N(C)[C@@H]2CCCNC2)nc1. The van der Waals surface area contributed by atoms with Crippen LogP contribution in [-0.2, 0) is 0 Å². The molecule has 1 atom stereocenters. The summed E-state index contributed by atoms with van der Waals surface area (Å²) in [5, 5.41) is 3.43. The zero-order valence-electron chi connectivity index (χ0n) is 9.53. The van der Waals surface area contributed by atoms with E-state index in [0.29, 0.717) is 6.04 Å². The number of likely N-dealkylation sites (N-methyl/N-ethyl adjacent to an activating group) is 1. The fraction of sp³-hybridized carbons (Fsp3) is 0.583. The lowest BCUT2D eigenvalue weighted by Crippen LogP contribution is -2.44. The highest BCUT2D eigenvalue weighted by Crippen LogP contribution is 2.16. The number of nitrogens with zero attached hydrogens (tertiary/aromatic N) is 2. The summed E-state index contributed by atoms with van der Waals surface area (Å²) < 4.78 is 0. The minimum absolute atomic E-state index is 0.592. The molecule has 2 heterocycles. The number of aryl methyl sites for hydroxylation is 1. The molecule has 1 aliphatic rings. The molecule has 1 aromatic rings. The summed E-state index contributed by atoms with van der Waals surface area (Å²) in [4.78, 5) is 6.73. The van der Waals surface area contributed by atoms with E-state index >= 15 is 0 Å². The highest BCUT2D eigenvalue weighted by atomic mass is 15.2. The van der Waals surface area contributed by atoms with E-state index in [0.717, 1.165) is 18.9 Å². The Hall–Kier alpha value is -1.09. The second-order valence-electron chi connectivity index (χ2n) is 4.30. The van der Waals surface area contributed by atoms with Gasteiger partial charge in [-0.15, -0.1) is 0 Å². The number of aromatic nitrogens is 1. The summed E-state index contributed by atoms with van der Waals surface area (Å²) in [5.74, 6) is 1.08. The third kappa shape index (κ3) is 2.48. The van der Waals surface area contributed by atoms with Gasteiger partial charge in [-0.25, -0.2) is 4.98 Å². The van der Waals surface area contributed by atoms with Crippen LogP contribution in [-0.4, -0.2) is 31.2 Å². The molecule has 2 rings (SSSR count). The first-order valence-electron chi connectivity index (χ1n) is 5.63. The van der Waals surface area contributed by atoms with Crippen LogP contribution in [0.25, 0.3) is 0 Å². The van der Waals surface area contributed by atoms with E-state index in [-0.39, 0.29) is 0 Å². The number of nitrogens with one attached hydrogen (secondary N) is 1. The van der Waals surface area contributed by atoms with Crippen molar-refractivity contribution >= 4 is 5.82 Å². The van der Waals surface area contributed by atoms with Gasteiger partial charge in [-0.05, 0) is 37.9 Å². The van der Waals surface area contributed by atoms with E-state index in [2.05, 4.69) is 41.3 Å². The normalized spacial score (nSPS) is 21.3. The van der Waals surface area contributed by atoms with Crippen LogP contribution >= 0.6 is 0 Å². The lowest BCUT2D eigenvalue weighted by Gasteiger charge is -2.32. The van der Waals surface area contributed by atoms with Crippen molar-refractivity contribution in [2.75, 3.05) is 25.0 Å². The van der Waals surface area contributed by atoms with Gasteiger partial charge in [0.25, 0.3) is 0 Å². The van der Waals surface area contributed by atoms with Gasteiger partial charge in [0, 0.05) is 25.8 Å². The molecular weight excluding hydrogens is 186 g/mol. The van der Waals surface area contributed by atoms with Crippen molar-refractivity contribution < 1.29 is 0 Å². The highest BCUT2D eigenvalue weighted by molar-refractivity contribution is 5.39. The predicted molar refractivity (Wildman–Crippen MR) is 63.3 cm³/mol. The molecule has 1 N–H and O–H groups in total. The zero-order valence-corrected chi connectivity index (χ0v) is 9.53. The standard InChI is InChI=1S/C12H19N3/c1-10-5-6-12(14-8-10)15(2)11-4-3-7-13-9-11/h5-6,8,11,13H,3-4,7,9H2,1-2H3/t11-/m1/s1. The maximum atomic E-state index is 4.45. The number of anilines is 1. The van der Waals surface area contributed by atoms with E-state index in [9.17, 15) is 0 Å². The summed E-state index contributed by atoms with van der Waals surface area (Å²) >= 11 is 0. The Morgan fingerprint density at radius 1 is 1.47 bits per heavy atom. The second-order valence-corrected chi connectivity index (χ2v) is 4.30. The van der Waals surface area contributed by atoms with Crippen LogP contribution in [0.5, 0.6) is 0 Å². The molecule has 0 aromatic carbocycles. The van der Waals surface area contributed by atoms with Gasteiger partial charge in [-0.3, -0.25) is 0 Å². The molecule has 0 aliphatic carbocycles. The first kappa shape index (κ1) is 10.4. The summed E-state index contributed by atoms with van der Waals surface area (Å²) in [6, 6.07) is 4.81. The van der Waals surface area contributed by atoms with E-state index in [4.69, 9.17) is 0 Å². The van der Waals surface area contributed by atoms with Gasteiger partial charge < -0.3 is 10.2 Å².